The predicted molar refractivity (Wildman–Crippen MR) is 113 cm³/mol. The number of aromatic nitrogens is 3. The third-order valence-electron chi connectivity index (χ3n) is 5.32. The van der Waals surface area contributed by atoms with Crippen molar-refractivity contribution in [3.63, 3.8) is 0 Å². The fourth-order valence-electron chi connectivity index (χ4n) is 3.76. The number of nitrogens with zero attached hydrogens (tertiary/aromatic N) is 4. The van der Waals surface area contributed by atoms with Gasteiger partial charge in [-0.3, -0.25) is 0 Å². The van der Waals surface area contributed by atoms with E-state index < -0.39 is 0 Å². The number of amides is 2. The van der Waals surface area contributed by atoms with Crippen LogP contribution in [0.3, 0.4) is 0 Å². The largest absolute Gasteiger partial charge is 0.334 e. The summed E-state index contributed by atoms with van der Waals surface area (Å²) >= 11 is 6.01. The van der Waals surface area contributed by atoms with Crippen LogP contribution in [0.5, 0.6) is 0 Å². The van der Waals surface area contributed by atoms with Crippen LogP contribution in [0.2, 0.25) is 5.02 Å². The maximum Gasteiger partial charge on any atom is 0.318 e. The SMILES string of the molecule is Cc1nnc([C@H]2CCCN2C(=O)NCc2ccccc2)n1Cc1ccc(Cl)cc1. The van der Waals surface area contributed by atoms with E-state index in [0.717, 1.165) is 42.2 Å². The van der Waals surface area contributed by atoms with Gasteiger partial charge in [-0.25, -0.2) is 4.79 Å². The highest BCUT2D eigenvalue weighted by Gasteiger charge is 2.33. The monoisotopic (exact) mass is 409 g/mol. The molecule has 0 spiro atoms. The van der Waals surface area contributed by atoms with E-state index in [4.69, 9.17) is 11.6 Å². The topological polar surface area (TPSA) is 63.1 Å². The Hall–Kier alpha value is -2.86. The Kier molecular flexibility index (Phi) is 5.81. The third kappa shape index (κ3) is 4.43. The van der Waals surface area contributed by atoms with E-state index in [-0.39, 0.29) is 12.1 Å². The van der Waals surface area contributed by atoms with E-state index in [9.17, 15) is 4.79 Å². The number of benzene rings is 2. The van der Waals surface area contributed by atoms with Crippen molar-refractivity contribution in [1.29, 1.82) is 0 Å². The third-order valence-corrected chi connectivity index (χ3v) is 5.57. The quantitative estimate of drug-likeness (QED) is 0.682. The van der Waals surface area contributed by atoms with Gasteiger partial charge in [0.05, 0.1) is 12.6 Å². The van der Waals surface area contributed by atoms with E-state index in [1.807, 2.05) is 66.4 Å². The molecule has 1 aromatic heterocycles. The smallest absolute Gasteiger partial charge is 0.318 e. The average Bonchev–Trinajstić information content (AvgIpc) is 3.36. The molecule has 1 saturated heterocycles. The van der Waals surface area contributed by atoms with Crippen molar-refractivity contribution in [1.82, 2.24) is 25.0 Å². The van der Waals surface area contributed by atoms with Crippen molar-refractivity contribution < 1.29 is 4.79 Å². The number of carbonyl (C=O) groups excluding carboxylic acids is 1. The summed E-state index contributed by atoms with van der Waals surface area (Å²) in [5, 5.41) is 12.5. The van der Waals surface area contributed by atoms with Crippen molar-refractivity contribution >= 4 is 17.6 Å². The molecule has 2 amide bonds. The lowest BCUT2D eigenvalue weighted by Crippen LogP contribution is -2.39. The molecule has 1 fully saturated rings. The Morgan fingerprint density at radius 2 is 1.86 bits per heavy atom. The lowest BCUT2D eigenvalue weighted by Gasteiger charge is -2.25. The first-order chi connectivity index (χ1) is 14.1. The molecule has 1 N–H and O–H groups in total. The molecule has 1 atom stereocenters. The average molecular weight is 410 g/mol. The van der Waals surface area contributed by atoms with Gasteiger partial charge in [-0.2, -0.15) is 0 Å². The zero-order chi connectivity index (χ0) is 20.2. The number of hydrogen-bond acceptors (Lipinski definition) is 3. The van der Waals surface area contributed by atoms with Gasteiger partial charge in [-0.05, 0) is 43.0 Å². The summed E-state index contributed by atoms with van der Waals surface area (Å²) < 4.78 is 2.09. The molecule has 2 heterocycles. The Balaban J connectivity index is 1.50. The number of hydrogen-bond donors (Lipinski definition) is 1. The van der Waals surface area contributed by atoms with Crippen LogP contribution < -0.4 is 5.32 Å². The molecular formula is C22H24ClN5O. The van der Waals surface area contributed by atoms with Crippen molar-refractivity contribution in [3.8, 4) is 0 Å². The Morgan fingerprint density at radius 3 is 2.62 bits per heavy atom. The van der Waals surface area contributed by atoms with E-state index in [2.05, 4.69) is 20.1 Å². The summed E-state index contributed by atoms with van der Waals surface area (Å²) in [6.45, 7) is 3.83. The second kappa shape index (κ2) is 8.66. The second-order valence-electron chi connectivity index (χ2n) is 7.31. The number of rotatable bonds is 5. The number of nitrogens with one attached hydrogen (secondary N) is 1. The van der Waals surface area contributed by atoms with Gasteiger partial charge in [0.25, 0.3) is 0 Å². The first-order valence-electron chi connectivity index (χ1n) is 9.84. The van der Waals surface area contributed by atoms with Crippen LogP contribution in [0.1, 0.15) is 41.7 Å². The lowest BCUT2D eigenvalue weighted by atomic mass is 10.2. The molecule has 0 unspecified atom stereocenters. The maximum absolute atomic E-state index is 12.9. The van der Waals surface area contributed by atoms with Crippen molar-refractivity contribution in [2.24, 2.45) is 0 Å². The number of carbonyl (C=O) groups is 1. The standard InChI is InChI=1S/C22H24ClN5O/c1-16-25-26-21(28(16)15-18-9-11-19(23)12-10-18)20-8-5-13-27(20)22(29)24-14-17-6-3-2-4-7-17/h2-4,6-7,9-12,20H,5,8,13-15H2,1H3,(H,24,29)/t20-/m1/s1. The van der Waals surface area contributed by atoms with Gasteiger partial charge in [-0.1, -0.05) is 54.1 Å². The predicted octanol–water partition coefficient (Wildman–Crippen LogP) is 4.33. The molecule has 29 heavy (non-hydrogen) atoms. The van der Waals surface area contributed by atoms with Gasteiger partial charge in [0.1, 0.15) is 5.82 Å². The maximum atomic E-state index is 12.9. The molecule has 6 nitrogen and oxygen atoms in total. The van der Waals surface area contributed by atoms with E-state index in [0.29, 0.717) is 18.1 Å². The molecule has 3 aromatic rings. The Bertz CT molecular complexity index is 971. The van der Waals surface area contributed by atoms with Gasteiger partial charge < -0.3 is 14.8 Å². The normalized spacial score (nSPS) is 16.2. The first kappa shape index (κ1) is 19.5. The molecule has 0 bridgehead atoms. The van der Waals surface area contributed by atoms with Crippen molar-refractivity contribution in [2.45, 2.75) is 38.9 Å². The van der Waals surface area contributed by atoms with E-state index >= 15 is 0 Å². The van der Waals surface area contributed by atoms with Crippen LogP contribution in [0.25, 0.3) is 0 Å². The summed E-state index contributed by atoms with van der Waals surface area (Å²) in [5.41, 5.74) is 2.20. The minimum Gasteiger partial charge on any atom is -0.334 e. The van der Waals surface area contributed by atoms with Crippen LogP contribution in [-0.4, -0.2) is 32.2 Å². The first-order valence-corrected chi connectivity index (χ1v) is 10.2. The molecular weight excluding hydrogens is 386 g/mol. The molecule has 1 aliphatic rings. The second-order valence-corrected chi connectivity index (χ2v) is 7.75. The summed E-state index contributed by atoms with van der Waals surface area (Å²) in [7, 11) is 0. The fourth-order valence-corrected chi connectivity index (χ4v) is 3.89. The van der Waals surface area contributed by atoms with Crippen LogP contribution in [-0.2, 0) is 13.1 Å². The lowest BCUT2D eigenvalue weighted by molar-refractivity contribution is 0.189. The molecule has 2 aromatic carbocycles. The van der Waals surface area contributed by atoms with Gasteiger partial charge in [0, 0.05) is 18.1 Å². The highest BCUT2D eigenvalue weighted by Crippen LogP contribution is 2.31. The van der Waals surface area contributed by atoms with Crippen LogP contribution in [0.15, 0.2) is 54.6 Å². The molecule has 0 radical (unpaired) electrons. The van der Waals surface area contributed by atoms with Gasteiger partial charge in [0.15, 0.2) is 5.82 Å². The number of halogens is 1. The van der Waals surface area contributed by atoms with Gasteiger partial charge in [-0.15, -0.1) is 10.2 Å². The van der Waals surface area contributed by atoms with Crippen LogP contribution >= 0.6 is 11.6 Å². The highest BCUT2D eigenvalue weighted by atomic mass is 35.5. The summed E-state index contributed by atoms with van der Waals surface area (Å²) in [6.07, 6.45) is 1.84. The summed E-state index contributed by atoms with van der Waals surface area (Å²) in [5.74, 6) is 1.68. The number of aryl methyl sites for hydroxylation is 1. The minimum atomic E-state index is -0.0701. The fraction of sp³-hybridized carbons (Fsp3) is 0.318. The van der Waals surface area contributed by atoms with E-state index in [1.165, 1.54) is 0 Å². The van der Waals surface area contributed by atoms with E-state index in [1.54, 1.807) is 0 Å². The van der Waals surface area contributed by atoms with Crippen LogP contribution in [0, 0.1) is 6.92 Å². The number of urea groups is 1. The zero-order valence-electron chi connectivity index (χ0n) is 16.4. The Morgan fingerprint density at radius 1 is 1.10 bits per heavy atom. The van der Waals surface area contributed by atoms with Crippen LogP contribution in [0.4, 0.5) is 4.79 Å². The zero-order valence-corrected chi connectivity index (χ0v) is 17.1. The van der Waals surface area contributed by atoms with Crippen molar-refractivity contribution in [3.05, 3.63) is 82.4 Å². The molecule has 4 rings (SSSR count). The molecule has 0 saturated carbocycles. The number of likely N-dealkylation sites (tertiary alicyclic amines) is 1. The minimum absolute atomic E-state index is 0.0601. The molecule has 1 aliphatic heterocycles. The molecule has 7 heteroatoms. The summed E-state index contributed by atoms with van der Waals surface area (Å²) in [4.78, 5) is 14.7. The van der Waals surface area contributed by atoms with Crippen molar-refractivity contribution in [2.75, 3.05) is 6.54 Å². The van der Waals surface area contributed by atoms with Gasteiger partial charge in [0.2, 0.25) is 0 Å². The molecule has 0 aliphatic carbocycles. The highest BCUT2D eigenvalue weighted by molar-refractivity contribution is 6.30. The molecule has 150 valence electrons. The Labute approximate surface area is 175 Å². The van der Waals surface area contributed by atoms with Gasteiger partial charge >= 0.3 is 6.03 Å². The summed E-state index contributed by atoms with van der Waals surface area (Å²) in [6, 6.07) is 17.6.